The van der Waals surface area contributed by atoms with Gasteiger partial charge in [0.05, 0.1) is 17.8 Å². The van der Waals surface area contributed by atoms with Crippen LogP contribution < -0.4 is 10.2 Å². The van der Waals surface area contributed by atoms with Gasteiger partial charge in [-0.3, -0.25) is 0 Å². The first kappa shape index (κ1) is 27.8. The largest absolute Gasteiger partial charge is 0.494 e. The maximum absolute atomic E-state index is 12.4. The van der Waals surface area contributed by atoms with Crippen LogP contribution >= 0.6 is 11.3 Å². The van der Waals surface area contributed by atoms with Crippen LogP contribution in [-0.4, -0.2) is 57.6 Å². The van der Waals surface area contributed by atoms with Crippen LogP contribution in [0.15, 0.2) is 41.8 Å². The highest BCUT2D eigenvalue weighted by Gasteiger charge is 2.51. The summed E-state index contributed by atoms with van der Waals surface area (Å²) in [4.78, 5) is 15.2. The number of carbonyl (C=O) groups is 1. The zero-order chi connectivity index (χ0) is 25.9. The highest BCUT2D eigenvalue weighted by Crippen LogP contribution is 2.37. The van der Waals surface area contributed by atoms with E-state index in [-0.39, 0.29) is 12.2 Å². The average molecular weight is 518 g/mol. The van der Waals surface area contributed by atoms with Crippen LogP contribution in [0.2, 0.25) is 25.7 Å². The van der Waals surface area contributed by atoms with Gasteiger partial charge in [-0.05, 0) is 62.8 Å². The van der Waals surface area contributed by atoms with Crippen molar-refractivity contribution in [1.82, 2.24) is 4.90 Å². The number of hydrogen-bond donors (Lipinski definition) is 0. The van der Waals surface area contributed by atoms with E-state index < -0.39 is 26.4 Å². The van der Waals surface area contributed by atoms with Gasteiger partial charge >= 0.3 is 13.2 Å². The SMILES string of the molecule is CN(CC[C@@H](Oc1cccc(B2OC(C)(C)C(C)(C)O2)c1)c1cccs1)C(=O)OCC[Si](C)(C)C. The second-order valence-electron chi connectivity index (χ2n) is 11.4. The van der Waals surface area contributed by atoms with Gasteiger partial charge in [-0.2, -0.15) is 0 Å². The fourth-order valence-electron chi connectivity index (χ4n) is 3.57. The number of carbonyl (C=O) groups excluding carboxylic acids is 1. The molecule has 1 amide bonds. The molecule has 6 nitrogen and oxygen atoms in total. The first-order valence-corrected chi connectivity index (χ1v) is 16.9. The molecule has 0 saturated carbocycles. The average Bonchev–Trinajstić information content (AvgIpc) is 3.36. The zero-order valence-electron chi connectivity index (χ0n) is 22.4. The van der Waals surface area contributed by atoms with Crippen LogP contribution in [0, 0.1) is 0 Å². The Morgan fingerprint density at radius 1 is 1.11 bits per heavy atom. The number of amides is 1. The third-order valence-corrected chi connectivity index (χ3v) is 9.31. The molecule has 1 aromatic heterocycles. The minimum absolute atomic E-state index is 0.180. The summed E-state index contributed by atoms with van der Waals surface area (Å²) in [5.41, 5.74) is 0.124. The summed E-state index contributed by atoms with van der Waals surface area (Å²) in [5.74, 6) is 0.746. The van der Waals surface area contributed by atoms with Crippen LogP contribution in [0.4, 0.5) is 4.79 Å². The normalized spacial score (nSPS) is 17.8. The molecule has 1 aromatic carbocycles. The van der Waals surface area contributed by atoms with Gasteiger partial charge in [0.25, 0.3) is 0 Å². The summed E-state index contributed by atoms with van der Waals surface area (Å²) in [6, 6.07) is 12.9. The van der Waals surface area contributed by atoms with Gasteiger partial charge in [-0.25, -0.2) is 4.79 Å². The smallest absolute Gasteiger partial charge is 0.485 e. The van der Waals surface area contributed by atoms with E-state index in [9.17, 15) is 4.79 Å². The third kappa shape index (κ3) is 7.59. The van der Waals surface area contributed by atoms with Gasteiger partial charge in [0.2, 0.25) is 0 Å². The van der Waals surface area contributed by atoms with Crippen molar-refractivity contribution in [3.8, 4) is 5.75 Å². The summed E-state index contributed by atoms with van der Waals surface area (Å²) in [5, 5.41) is 2.04. The van der Waals surface area contributed by atoms with Crippen molar-refractivity contribution in [2.75, 3.05) is 20.2 Å². The molecule has 1 aliphatic heterocycles. The van der Waals surface area contributed by atoms with Crippen molar-refractivity contribution < 1.29 is 23.6 Å². The van der Waals surface area contributed by atoms with E-state index in [2.05, 4.69) is 25.7 Å². The van der Waals surface area contributed by atoms with Crippen molar-refractivity contribution in [2.24, 2.45) is 0 Å². The van der Waals surface area contributed by atoms with Crippen molar-refractivity contribution in [1.29, 1.82) is 0 Å². The number of benzene rings is 1. The fraction of sp³-hybridized carbons (Fsp3) is 0.577. The van der Waals surface area contributed by atoms with Gasteiger partial charge in [0.1, 0.15) is 11.9 Å². The van der Waals surface area contributed by atoms with Gasteiger partial charge in [-0.15, -0.1) is 11.3 Å². The Hall–Kier alpha value is -1.81. The Labute approximate surface area is 216 Å². The monoisotopic (exact) mass is 517 g/mol. The zero-order valence-corrected chi connectivity index (χ0v) is 24.2. The maximum atomic E-state index is 12.4. The summed E-state index contributed by atoms with van der Waals surface area (Å²) < 4.78 is 24.3. The third-order valence-electron chi connectivity index (χ3n) is 6.64. The Balaban J connectivity index is 1.64. The van der Waals surface area contributed by atoms with Crippen LogP contribution in [0.3, 0.4) is 0 Å². The predicted octanol–water partition coefficient (Wildman–Crippen LogP) is 5.96. The maximum Gasteiger partial charge on any atom is 0.494 e. The van der Waals surface area contributed by atoms with Gasteiger partial charge < -0.3 is 23.7 Å². The number of thiophene rings is 1. The highest BCUT2D eigenvalue weighted by atomic mass is 32.1. The molecule has 192 valence electrons. The van der Waals surface area contributed by atoms with Crippen molar-refractivity contribution in [2.45, 2.75) is 77.1 Å². The summed E-state index contributed by atoms with van der Waals surface area (Å²) in [6.45, 7) is 16.0. The van der Waals surface area contributed by atoms with E-state index in [1.54, 1.807) is 23.3 Å². The lowest BCUT2D eigenvalue weighted by molar-refractivity contribution is 0.00578. The standard InChI is InChI=1S/C26H40BNO5SSi/c1-25(2)26(3,4)33-27(32-25)20-11-9-12-21(19-20)31-22(23-13-10-17-34-23)14-15-28(5)24(29)30-16-18-35(6,7)8/h9-13,17,19,22H,14-16,18H2,1-8H3/t22-/m1/s1. The van der Waals surface area contributed by atoms with Crippen LogP contribution in [0.1, 0.15) is 45.1 Å². The number of nitrogens with zero attached hydrogens (tertiary/aromatic N) is 1. The fourth-order valence-corrected chi connectivity index (χ4v) is 5.07. The van der Waals surface area contributed by atoms with Gasteiger partial charge in [-0.1, -0.05) is 37.8 Å². The second-order valence-corrected chi connectivity index (χ2v) is 18.0. The molecule has 0 spiro atoms. The molecule has 0 N–H and O–H groups in total. The molecule has 2 heterocycles. The molecule has 0 unspecified atom stereocenters. The molecule has 9 heteroatoms. The molecule has 3 rings (SSSR count). The number of rotatable bonds is 10. The predicted molar refractivity (Wildman–Crippen MR) is 147 cm³/mol. The molecule has 1 aliphatic rings. The van der Waals surface area contributed by atoms with E-state index in [4.69, 9.17) is 18.8 Å². The molecule has 35 heavy (non-hydrogen) atoms. The minimum Gasteiger partial charge on any atom is -0.485 e. The molecule has 0 bridgehead atoms. The van der Waals surface area contributed by atoms with E-state index in [0.717, 1.165) is 22.1 Å². The molecule has 1 saturated heterocycles. The molecule has 2 aromatic rings. The van der Waals surface area contributed by atoms with E-state index in [1.165, 1.54) is 0 Å². The van der Waals surface area contributed by atoms with Gasteiger partial charge in [0.15, 0.2) is 0 Å². The van der Waals surface area contributed by atoms with E-state index in [1.807, 2.05) is 63.4 Å². The lowest BCUT2D eigenvalue weighted by Crippen LogP contribution is -2.41. The first-order chi connectivity index (χ1) is 16.3. The number of ether oxygens (including phenoxy) is 2. The molecular formula is C26H40BNO5SSi. The van der Waals surface area contributed by atoms with Crippen molar-refractivity contribution >= 4 is 38.1 Å². The molecule has 1 fully saturated rings. The van der Waals surface area contributed by atoms with E-state index in [0.29, 0.717) is 19.6 Å². The van der Waals surface area contributed by atoms with Gasteiger partial charge in [0, 0.05) is 33.0 Å². The highest BCUT2D eigenvalue weighted by molar-refractivity contribution is 7.10. The Kier molecular flexibility index (Phi) is 8.78. The Morgan fingerprint density at radius 2 is 1.80 bits per heavy atom. The molecular weight excluding hydrogens is 477 g/mol. The number of hydrogen-bond acceptors (Lipinski definition) is 6. The Morgan fingerprint density at radius 3 is 2.40 bits per heavy atom. The Bertz CT molecular complexity index is 960. The van der Waals surface area contributed by atoms with Crippen LogP contribution in [0.5, 0.6) is 5.75 Å². The topological polar surface area (TPSA) is 57.2 Å². The summed E-state index contributed by atoms with van der Waals surface area (Å²) in [6.07, 6.45) is 0.192. The molecule has 1 atom stereocenters. The molecule has 0 radical (unpaired) electrons. The molecule has 0 aliphatic carbocycles. The quantitative estimate of drug-likeness (QED) is 0.364. The summed E-state index contributed by atoms with van der Waals surface area (Å²) >= 11 is 1.65. The van der Waals surface area contributed by atoms with Crippen LogP contribution in [-0.2, 0) is 14.0 Å². The lowest BCUT2D eigenvalue weighted by Gasteiger charge is -2.32. The summed E-state index contributed by atoms with van der Waals surface area (Å²) in [7, 11) is 0.0974. The first-order valence-electron chi connectivity index (χ1n) is 12.3. The minimum atomic E-state index is -1.24. The lowest BCUT2D eigenvalue weighted by atomic mass is 9.79. The second kappa shape index (κ2) is 11.1. The van der Waals surface area contributed by atoms with Crippen LogP contribution in [0.25, 0.3) is 0 Å². The van der Waals surface area contributed by atoms with Crippen molar-refractivity contribution in [3.63, 3.8) is 0 Å². The van der Waals surface area contributed by atoms with Crippen molar-refractivity contribution in [3.05, 3.63) is 46.7 Å². The van der Waals surface area contributed by atoms with E-state index >= 15 is 0 Å².